The molecule has 0 rings (SSSR count). The summed E-state index contributed by atoms with van der Waals surface area (Å²) >= 11 is 5.73. The van der Waals surface area contributed by atoms with Gasteiger partial charge in [0.2, 0.25) is 0 Å². The van der Waals surface area contributed by atoms with Crippen molar-refractivity contribution in [1.82, 2.24) is 5.32 Å². The van der Waals surface area contributed by atoms with Crippen LogP contribution in [0.25, 0.3) is 0 Å². The smallest absolute Gasteiger partial charge is 0.325 e. The van der Waals surface area contributed by atoms with Gasteiger partial charge in [0.05, 0.1) is 7.11 Å². The van der Waals surface area contributed by atoms with Crippen LogP contribution in [0.3, 0.4) is 0 Å². The third-order valence-electron chi connectivity index (χ3n) is 1.99. The number of esters is 1. The van der Waals surface area contributed by atoms with E-state index in [-0.39, 0.29) is 5.97 Å². The summed E-state index contributed by atoms with van der Waals surface area (Å²) in [5, 5.41) is 2.56. The van der Waals surface area contributed by atoms with Crippen LogP contribution >= 0.6 is 11.6 Å². The van der Waals surface area contributed by atoms with Crippen LogP contribution in [0.15, 0.2) is 0 Å². The lowest BCUT2D eigenvalue weighted by Gasteiger charge is -2.08. The van der Waals surface area contributed by atoms with E-state index in [2.05, 4.69) is 17.0 Å². The lowest BCUT2D eigenvalue weighted by Crippen LogP contribution is -2.30. The number of methoxy groups -OCH3 is 1. The van der Waals surface area contributed by atoms with Gasteiger partial charge in [-0.1, -0.05) is 26.2 Å². The largest absolute Gasteiger partial charge is 0.468 e. The Morgan fingerprint density at radius 3 is 2.71 bits per heavy atom. The van der Waals surface area contributed by atoms with E-state index in [1.54, 1.807) is 0 Å². The highest BCUT2D eigenvalue weighted by molar-refractivity contribution is 6.30. The highest BCUT2D eigenvalue weighted by Crippen LogP contribution is 1.99. The van der Waals surface area contributed by atoms with Gasteiger partial charge in [0.1, 0.15) is 5.38 Å². The van der Waals surface area contributed by atoms with E-state index in [9.17, 15) is 4.79 Å². The van der Waals surface area contributed by atoms with E-state index in [0.717, 1.165) is 13.0 Å². The maximum absolute atomic E-state index is 10.9. The summed E-state index contributed by atoms with van der Waals surface area (Å²) in [5.41, 5.74) is 0. The molecule has 0 aromatic rings. The van der Waals surface area contributed by atoms with Gasteiger partial charge in [-0.2, -0.15) is 0 Å². The van der Waals surface area contributed by atoms with Gasteiger partial charge >= 0.3 is 5.97 Å². The SMILES string of the molecule is CCCCCCNCC(Cl)C(=O)OC. The van der Waals surface area contributed by atoms with Crippen LogP contribution < -0.4 is 5.32 Å². The molecule has 0 radical (unpaired) electrons. The normalized spacial score (nSPS) is 12.5. The Morgan fingerprint density at radius 2 is 2.14 bits per heavy atom. The maximum Gasteiger partial charge on any atom is 0.325 e. The Kier molecular flexibility index (Phi) is 9.10. The van der Waals surface area contributed by atoms with Gasteiger partial charge in [0.15, 0.2) is 0 Å². The molecule has 0 heterocycles. The van der Waals surface area contributed by atoms with E-state index in [1.165, 1.54) is 26.4 Å². The topological polar surface area (TPSA) is 38.3 Å². The van der Waals surface area contributed by atoms with Crippen LogP contribution in [-0.4, -0.2) is 31.5 Å². The van der Waals surface area contributed by atoms with Gasteiger partial charge in [-0.3, -0.25) is 4.79 Å². The minimum absolute atomic E-state index is 0.368. The van der Waals surface area contributed by atoms with Gasteiger partial charge < -0.3 is 10.1 Å². The average molecular weight is 222 g/mol. The van der Waals surface area contributed by atoms with E-state index < -0.39 is 5.38 Å². The zero-order chi connectivity index (χ0) is 10.8. The number of nitrogens with one attached hydrogen (secondary N) is 1. The first-order valence-electron chi connectivity index (χ1n) is 5.15. The van der Waals surface area contributed by atoms with Crippen molar-refractivity contribution in [2.75, 3.05) is 20.2 Å². The first-order valence-corrected chi connectivity index (χ1v) is 5.58. The highest BCUT2D eigenvalue weighted by Gasteiger charge is 2.14. The van der Waals surface area contributed by atoms with Gasteiger partial charge in [0, 0.05) is 6.54 Å². The third kappa shape index (κ3) is 7.15. The molecule has 3 nitrogen and oxygen atoms in total. The Bertz CT molecular complexity index is 153. The predicted molar refractivity (Wildman–Crippen MR) is 58.7 cm³/mol. The molecule has 0 saturated carbocycles. The van der Waals surface area contributed by atoms with E-state index >= 15 is 0 Å². The zero-order valence-corrected chi connectivity index (χ0v) is 9.77. The summed E-state index contributed by atoms with van der Waals surface area (Å²) in [5.74, 6) is -0.368. The summed E-state index contributed by atoms with van der Waals surface area (Å²) in [7, 11) is 1.35. The van der Waals surface area contributed by atoms with E-state index in [0.29, 0.717) is 6.54 Å². The van der Waals surface area contributed by atoms with Crippen molar-refractivity contribution in [3.63, 3.8) is 0 Å². The van der Waals surface area contributed by atoms with Crippen LogP contribution in [0.2, 0.25) is 0 Å². The van der Waals surface area contributed by atoms with Crippen molar-refractivity contribution < 1.29 is 9.53 Å². The number of hydrogen-bond donors (Lipinski definition) is 1. The fraction of sp³-hybridized carbons (Fsp3) is 0.900. The summed E-state index contributed by atoms with van der Waals surface area (Å²) in [6.07, 6.45) is 4.87. The van der Waals surface area contributed by atoms with Gasteiger partial charge in [0.25, 0.3) is 0 Å². The number of carbonyl (C=O) groups excluding carboxylic acids is 1. The van der Waals surface area contributed by atoms with Gasteiger partial charge in [-0.15, -0.1) is 11.6 Å². The summed E-state index contributed by atoms with van der Waals surface area (Å²) in [6, 6.07) is 0. The fourth-order valence-corrected chi connectivity index (χ4v) is 1.31. The molecule has 1 N–H and O–H groups in total. The van der Waals surface area contributed by atoms with Gasteiger partial charge in [-0.25, -0.2) is 0 Å². The molecule has 0 amide bonds. The lowest BCUT2D eigenvalue weighted by atomic mass is 10.2. The summed E-state index contributed by atoms with van der Waals surface area (Å²) in [4.78, 5) is 10.9. The Balaban J connectivity index is 3.23. The Hall–Kier alpha value is -0.280. The van der Waals surface area contributed by atoms with Crippen LogP contribution in [-0.2, 0) is 9.53 Å². The second-order valence-electron chi connectivity index (χ2n) is 3.26. The molecule has 1 atom stereocenters. The summed E-state index contributed by atoms with van der Waals surface area (Å²) in [6.45, 7) is 3.58. The number of hydrogen-bond acceptors (Lipinski definition) is 3. The molecular formula is C10H20ClNO2. The third-order valence-corrected chi connectivity index (χ3v) is 2.32. The maximum atomic E-state index is 10.9. The standard InChI is InChI=1S/C10H20ClNO2/c1-3-4-5-6-7-12-8-9(11)10(13)14-2/h9,12H,3-8H2,1-2H3. The molecule has 14 heavy (non-hydrogen) atoms. The van der Waals surface area contributed by atoms with Crippen molar-refractivity contribution in [1.29, 1.82) is 0 Å². The van der Waals surface area contributed by atoms with Crippen molar-refractivity contribution in [3.05, 3.63) is 0 Å². The monoisotopic (exact) mass is 221 g/mol. The number of carbonyl (C=O) groups is 1. The van der Waals surface area contributed by atoms with Crippen molar-refractivity contribution >= 4 is 17.6 Å². The quantitative estimate of drug-likeness (QED) is 0.387. The summed E-state index contributed by atoms with van der Waals surface area (Å²) < 4.78 is 4.50. The second kappa shape index (κ2) is 9.28. The van der Waals surface area contributed by atoms with E-state index in [4.69, 9.17) is 11.6 Å². The molecule has 0 aromatic carbocycles. The highest BCUT2D eigenvalue weighted by atomic mass is 35.5. The number of ether oxygens (including phenoxy) is 1. The predicted octanol–water partition coefficient (Wildman–Crippen LogP) is 1.94. The Labute approximate surface area is 91.2 Å². The number of unbranched alkanes of at least 4 members (excludes halogenated alkanes) is 3. The molecule has 0 aliphatic carbocycles. The molecule has 84 valence electrons. The average Bonchev–Trinajstić information content (AvgIpc) is 2.21. The number of alkyl halides is 1. The molecule has 0 spiro atoms. The van der Waals surface area contributed by atoms with Crippen molar-refractivity contribution in [2.24, 2.45) is 0 Å². The van der Waals surface area contributed by atoms with E-state index in [1.807, 2.05) is 0 Å². The minimum Gasteiger partial charge on any atom is -0.468 e. The first kappa shape index (κ1) is 13.7. The fourth-order valence-electron chi connectivity index (χ4n) is 1.12. The second-order valence-corrected chi connectivity index (χ2v) is 3.78. The van der Waals surface area contributed by atoms with Crippen LogP contribution in [0.5, 0.6) is 0 Å². The zero-order valence-electron chi connectivity index (χ0n) is 9.01. The first-order chi connectivity index (χ1) is 6.72. The molecule has 0 saturated heterocycles. The van der Waals surface area contributed by atoms with Crippen LogP contribution in [0.4, 0.5) is 0 Å². The minimum atomic E-state index is -0.564. The van der Waals surface area contributed by atoms with Crippen LogP contribution in [0, 0.1) is 0 Å². The lowest BCUT2D eigenvalue weighted by molar-refractivity contribution is -0.140. The van der Waals surface area contributed by atoms with Crippen molar-refractivity contribution in [3.8, 4) is 0 Å². The molecule has 0 fully saturated rings. The molecular weight excluding hydrogens is 202 g/mol. The number of rotatable bonds is 8. The Morgan fingerprint density at radius 1 is 1.43 bits per heavy atom. The molecule has 0 aliphatic rings. The molecule has 4 heteroatoms. The molecule has 0 aromatic heterocycles. The molecule has 1 unspecified atom stereocenters. The van der Waals surface area contributed by atoms with Crippen molar-refractivity contribution in [2.45, 2.75) is 38.0 Å². The molecule has 0 aliphatic heterocycles. The molecule has 0 bridgehead atoms. The number of halogens is 1. The van der Waals surface area contributed by atoms with Crippen LogP contribution in [0.1, 0.15) is 32.6 Å². The van der Waals surface area contributed by atoms with Gasteiger partial charge in [-0.05, 0) is 13.0 Å².